The number of nitrogens with zero attached hydrogens (tertiary/aromatic N) is 1. The first-order valence-electron chi connectivity index (χ1n) is 9.58. The molecule has 0 aromatic heterocycles. The van der Waals surface area contributed by atoms with Gasteiger partial charge in [0.05, 0.1) is 5.75 Å². The molecule has 2 amide bonds. The molecule has 4 nitrogen and oxygen atoms in total. The Bertz CT molecular complexity index is 797. The van der Waals surface area contributed by atoms with Gasteiger partial charge in [-0.1, -0.05) is 31.2 Å². The van der Waals surface area contributed by atoms with Gasteiger partial charge in [0.1, 0.15) is 17.7 Å². The van der Waals surface area contributed by atoms with E-state index in [1.54, 1.807) is 29.2 Å². The van der Waals surface area contributed by atoms with E-state index in [1.807, 2.05) is 13.8 Å². The Balaban J connectivity index is 2.08. The van der Waals surface area contributed by atoms with Crippen molar-refractivity contribution in [2.45, 2.75) is 38.6 Å². The number of likely N-dealkylation sites (N-methyl/N-ethyl adjacent to an activating group) is 1. The van der Waals surface area contributed by atoms with Crippen molar-refractivity contribution in [3.05, 3.63) is 71.3 Å². The molecule has 0 fully saturated rings. The van der Waals surface area contributed by atoms with Gasteiger partial charge >= 0.3 is 0 Å². The molecule has 0 heterocycles. The van der Waals surface area contributed by atoms with Crippen LogP contribution in [0, 0.1) is 11.6 Å². The summed E-state index contributed by atoms with van der Waals surface area (Å²) in [6.07, 6.45) is 0.474. The molecular weight excluding hydrogens is 394 g/mol. The van der Waals surface area contributed by atoms with Crippen LogP contribution in [0.4, 0.5) is 8.78 Å². The van der Waals surface area contributed by atoms with Gasteiger partial charge in [-0.05, 0) is 48.7 Å². The zero-order valence-corrected chi connectivity index (χ0v) is 17.5. The number of amides is 2. The highest BCUT2D eigenvalue weighted by atomic mass is 32.2. The largest absolute Gasteiger partial charge is 0.355 e. The highest BCUT2D eigenvalue weighted by Gasteiger charge is 2.28. The maximum Gasteiger partial charge on any atom is 0.242 e. The van der Waals surface area contributed by atoms with Gasteiger partial charge in [0.2, 0.25) is 11.8 Å². The summed E-state index contributed by atoms with van der Waals surface area (Å²) in [7, 11) is 0. The Morgan fingerprint density at radius 2 is 1.52 bits per heavy atom. The van der Waals surface area contributed by atoms with Crippen molar-refractivity contribution in [2.75, 3.05) is 12.3 Å². The number of hydrogen-bond acceptors (Lipinski definition) is 3. The highest BCUT2D eigenvalue weighted by Crippen LogP contribution is 2.18. The number of thioether (sulfide) groups is 1. The van der Waals surface area contributed by atoms with Crippen LogP contribution in [0.2, 0.25) is 0 Å². The molecule has 0 radical (unpaired) electrons. The van der Waals surface area contributed by atoms with Crippen LogP contribution in [0.15, 0.2) is 48.5 Å². The van der Waals surface area contributed by atoms with E-state index in [0.717, 1.165) is 11.1 Å². The van der Waals surface area contributed by atoms with E-state index >= 15 is 0 Å². The number of nitrogens with one attached hydrogen (secondary N) is 1. The van der Waals surface area contributed by atoms with Gasteiger partial charge in [-0.15, -0.1) is 11.8 Å². The summed E-state index contributed by atoms with van der Waals surface area (Å²) in [4.78, 5) is 27.0. The minimum Gasteiger partial charge on any atom is -0.355 e. The SMILES string of the molecule is CCNC(=O)[C@@H](CC)N(Cc1ccc(F)cc1)C(=O)CSCc1ccc(F)cc1. The predicted octanol–water partition coefficient (Wildman–Crippen LogP) is 4.14. The molecule has 156 valence electrons. The van der Waals surface area contributed by atoms with Gasteiger partial charge in [0.15, 0.2) is 0 Å². The smallest absolute Gasteiger partial charge is 0.242 e. The van der Waals surface area contributed by atoms with Crippen molar-refractivity contribution in [2.24, 2.45) is 0 Å². The lowest BCUT2D eigenvalue weighted by Gasteiger charge is -2.30. The molecule has 0 saturated carbocycles. The fraction of sp³-hybridized carbons (Fsp3) is 0.364. The van der Waals surface area contributed by atoms with Crippen LogP contribution in [0.5, 0.6) is 0 Å². The average molecular weight is 421 g/mol. The third-order valence-electron chi connectivity index (χ3n) is 4.41. The molecule has 0 unspecified atom stereocenters. The summed E-state index contributed by atoms with van der Waals surface area (Å²) >= 11 is 1.41. The van der Waals surface area contributed by atoms with Gasteiger partial charge in [-0.25, -0.2) is 8.78 Å². The Kier molecular flexibility index (Phi) is 9.12. The van der Waals surface area contributed by atoms with Crippen molar-refractivity contribution >= 4 is 23.6 Å². The second-order valence-corrected chi connectivity index (χ2v) is 7.57. The Morgan fingerprint density at radius 1 is 0.966 bits per heavy atom. The Hall–Kier alpha value is -2.41. The van der Waals surface area contributed by atoms with E-state index in [-0.39, 0.29) is 35.7 Å². The fourth-order valence-electron chi connectivity index (χ4n) is 2.92. The summed E-state index contributed by atoms with van der Waals surface area (Å²) in [5.41, 5.74) is 1.68. The molecule has 0 saturated heterocycles. The first kappa shape index (κ1) is 22.9. The van der Waals surface area contributed by atoms with Crippen LogP contribution >= 0.6 is 11.8 Å². The molecule has 0 aliphatic carbocycles. The number of carbonyl (C=O) groups excluding carboxylic acids is 2. The van der Waals surface area contributed by atoms with E-state index in [4.69, 9.17) is 0 Å². The zero-order valence-electron chi connectivity index (χ0n) is 16.7. The lowest BCUT2D eigenvalue weighted by atomic mass is 10.1. The average Bonchev–Trinajstić information content (AvgIpc) is 2.71. The molecule has 2 rings (SSSR count). The molecule has 2 aromatic rings. The van der Waals surface area contributed by atoms with Gasteiger partial charge in [0, 0.05) is 18.8 Å². The van der Waals surface area contributed by atoms with E-state index < -0.39 is 6.04 Å². The van der Waals surface area contributed by atoms with Crippen molar-refractivity contribution in [3.8, 4) is 0 Å². The zero-order chi connectivity index (χ0) is 21.2. The van der Waals surface area contributed by atoms with E-state index in [0.29, 0.717) is 18.7 Å². The van der Waals surface area contributed by atoms with E-state index in [9.17, 15) is 18.4 Å². The summed E-state index contributed by atoms with van der Waals surface area (Å²) in [6, 6.07) is 11.5. The molecule has 0 aliphatic heterocycles. The summed E-state index contributed by atoms with van der Waals surface area (Å²) in [5, 5.41) is 2.78. The van der Waals surface area contributed by atoms with Gasteiger partial charge in [-0.3, -0.25) is 9.59 Å². The van der Waals surface area contributed by atoms with Crippen molar-refractivity contribution in [1.82, 2.24) is 10.2 Å². The Labute approximate surface area is 174 Å². The summed E-state index contributed by atoms with van der Waals surface area (Å²) in [5.74, 6) is -0.262. The standard InChI is InChI=1S/C22H26F2N2O2S/c1-3-20(22(28)25-4-2)26(13-16-5-9-18(23)10-6-16)21(27)15-29-14-17-7-11-19(24)12-8-17/h5-12,20H,3-4,13-15H2,1-2H3,(H,25,28)/t20-/m1/s1. The van der Waals surface area contributed by atoms with Crippen molar-refractivity contribution in [3.63, 3.8) is 0 Å². The van der Waals surface area contributed by atoms with Crippen molar-refractivity contribution < 1.29 is 18.4 Å². The van der Waals surface area contributed by atoms with Crippen LogP contribution in [-0.2, 0) is 21.9 Å². The maximum atomic E-state index is 13.2. The van der Waals surface area contributed by atoms with Crippen LogP contribution in [0.25, 0.3) is 0 Å². The fourth-order valence-corrected chi connectivity index (χ4v) is 3.79. The lowest BCUT2D eigenvalue weighted by Crippen LogP contribution is -2.49. The normalized spacial score (nSPS) is 11.7. The molecule has 0 aliphatic rings. The van der Waals surface area contributed by atoms with E-state index in [1.165, 1.54) is 36.0 Å². The first-order valence-corrected chi connectivity index (χ1v) is 10.7. The van der Waals surface area contributed by atoms with Crippen LogP contribution in [0.3, 0.4) is 0 Å². The van der Waals surface area contributed by atoms with Crippen LogP contribution in [-0.4, -0.2) is 35.1 Å². The topological polar surface area (TPSA) is 49.4 Å². The molecule has 1 N–H and O–H groups in total. The predicted molar refractivity (Wildman–Crippen MR) is 112 cm³/mol. The quantitative estimate of drug-likeness (QED) is 0.628. The third kappa shape index (κ3) is 7.16. The number of halogens is 2. The number of benzene rings is 2. The summed E-state index contributed by atoms with van der Waals surface area (Å²) < 4.78 is 26.2. The van der Waals surface area contributed by atoms with Crippen molar-refractivity contribution in [1.29, 1.82) is 0 Å². The third-order valence-corrected chi connectivity index (χ3v) is 5.40. The molecule has 1 atom stereocenters. The van der Waals surface area contributed by atoms with Crippen LogP contribution in [0.1, 0.15) is 31.4 Å². The maximum absolute atomic E-state index is 13.2. The molecule has 0 spiro atoms. The van der Waals surface area contributed by atoms with Gasteiger partial charge in [-0.2, -0.15) is 0 Å². The molecule has 0 bridgehead atoms. The Morgan fingerprint density at radius 3 is 2.03 bits per heavy atom. The summed E-state index contributed by atoms with van der Waals surface area (Å²) in [6.45, 7) is 4.39. The number of rotatable bonds is 10. The number of carbonyl (C=O) groups is 2. The second kappa shape index (κ2) is 11.6. The highest BCUT2D eigenvalue weighted by molar-refractivity contribution is 7.99. The molecular formula is C22H26F2N2O2S. The van der Waals surface area contributed by atoms with Crippen LogP contribution < -0.4 is 5.32 Å². The monoisotopic (exact) mass is 420 g/mol. The second-order valence-electron chi connectivity index (χ2n) is 6.59. The minimum atomic E-state index is -0.598. The molecule has 2 aromatic carbocycles. The molecule has 7 heteroatoms. The number of hydrogen-bond donors (Lipinski definition) is 1. The van der Waals surface area contributed by atoms with E-state index in [2.05, 4.69) is 5.32 Å². The van der Waals surface area contributed by atoms with Gasteiger partial charge < -0.3 is 10.2 Å². The lowest BCUT2D eigenvalue weighted by molar-refractivity contribution is -0.139. The van der Waals surface area contributed by atoms with Gasteiger partial charge in [0.25, 0.3) is 0 Å². The minimum absolute atomic E-state index is 0.167. The first-order chi connectivity index (χ1) is 13.9. The molecule has 29 heavy (non-hydrogen) atoms.